The molecule has 4 nitrogen and oxygen atoms in total. The Balaban J connectivity index is 2.82. The predicted molar refractivity (Wildman–Crippen MR) is 44.1 cm³/mol. The van der Waals surface area contributed by atoms with Crippen molar-refractivity contribution in [2.45, 2.75) is 5.88 Å². The van der Waals surface area contributed by atoms with Gasteiger partial charge >= 0.3 is 0 Å². The molecule has 0 saturated carbocycles. The van der Waals surface area contributed by atoms with Gasteiger partial charge in [0.1, 0.15) is 0 Å². The monoisotopic (exact) mass is 188 g/mol. The summed E-state index contributed by atoms with van der Waals surface area (Å²) in [6.07, 6.45) is 0. The van der Waals surface area contributed by atoms with E-state index in [1.54, 1.807) is 14.1 Å². The zero-order chi connectivity index (χ0) is 9.14. The lowest BCUT2D eigenvalue weighted by Gasteiger charge is -2.05. The highest BCUT2D eigenvalue weighted by molar-refractivity contribution is 6.16. The summed E-state index contributed by atoms with van der Waals surface area (Å²) < 4.78 is 4.76. The molecule has 1 rings (SSSR count). The molecule has 0 aliphatic heterocycles. The van der Waals surface area contributed by atoms with Crippen LogP contribution in [0, 0.1) is 0 Å². The zero-order valence-corrected chi connectivity index (χ0v) is 7.63. The number of halogens is 1. The van der Waals surface area contributed by atoms with E-state index < -0.39 is 0 Å². The molecule has 0 radical (unpaired) electrons. The van der Waals surface area contributed by atoms with Gasteiger partial charge in [0.25, 0.3) is 5.91 Å². The average molecular weight is 189 g/mol. The van der Waals surface area contributed by atoms with Gasteiger partial charge in [0.2, 0.25) is 0 Å². The minimum Gasteiger partial charge on any atom is -0.359 e. The topological polar surface area (TPSA) is 46.3 Å². The number of nitrogens with zero attached hydrogens (tertiary/aromatic N) is 2. The van der Waals surface area contributed by atoms with Crippen molar-refractivity contribution >= 4 is 17.5 Å². The Kier molecular flexibility index (Phi) is 2.70. The standard InChI is InChI=1S/C7H9ClN2O2/c1-10(2)7(11)6-3-5(4-8)12-9-6/h3H,4H2,1-2H3. The molecular formula is C7H9ClN2O2. The van der Waals surface area contributed by atoms with E-state index in [0.29, 0.717) is 5.76 Å². The summed E-state index contributed by atoms with van der Waals surface area (Å²) in [7, 11) is 3.30. The molecule has 0 aliphatic rings. The molecule has 1 aromatic heterocycles. The van der Waals surface area contributed by atoms with Gasteiger partial charge in [-0.15, -0.1) is 11.6 Å². The van der Waals surface area contributed by atoms with Crippen LogP contribution in [0.5, 0.6) is 0 Å². The highest BCUT2D eigenvalue weighted by atomic mass is 35.5. The van der Waals surface area contributed by atoms with Crippen LogP contribution in [-0.2, 0) is 5.88 Å². The largest absolute Gasteiger partial charge is 0.359 e. The summed E-state index contributed by atoms with van der Waals surface area (Å²) in [6.45, 7) is 0. The van der Waals surface area contributed by atoms with Crippen LogP contribution in [0.4, 0.5) is 0 Å². The minimum absolute atomic E-state index is 0.185. The molecule has 12 heavy (non-hydrogen) atoms. The summed E-state index contributed by atoms with van der Waals surface area (Å²) >= 11 is 5.47. The SMILES string of the molecule is CN(C)C(=O)c1cc(CCl)on1. The molecule has 0 saturated heterocycles. The normalized spacial score (nSPS) is 9.92. The van der Waals surface area contributed by atoms with Gasteiger partial charge in [-0.2, -0.15) is 0 Å². The van der Waals surface area contributed by atoms with E-state index in [2.05, 4.69) is 5.16 Å². The number of alkyl halides is 1. The van der Waals surface area contributed by atoms with Gasteiger partial charge in [0, 0.05) is 20.2 Å². The van der Waals surface area contributed by atoms with E-state index in [4.69, 9.17) is 16.1 Å². The fraction of sp³-hybridized carbons (Fsp3) is 0.429. The fourth-order valence-electron chi connectivity index (χ4n) is 0.706. The van der Waals surface area contributed by atoms with E-state index in [1.165, 1.54) is 11.0 Å². The third kappa shape index (κ3) is 1.76. The Morgan fingerprint density at radius 1 is 1.75 bits per heavy atom. The summed E-state index contributed by atoms with van der Waals surface area (Å²) in [5, 5.41) is 3.56. The summed E-state index contributed by atoms with van der Waals surface area (Å²) in [5.74, 6) is 0.547. The molecule has 1 aromatic rings. The summed E-state index contributed by atoms with van der Waals surface area (Å²) in [6, 6.07) is 1.54. The van der Waals surface area contributed by atoms with Crippen molar-refractivity contribution in [1.29, 1.82) is 0 Å². The van der Waals surface area contributed by atoms with Gasteiger partial charge < -0.3 is 9.42 Å². The maximum absolute atomic E-state index is 11.2. The first kappa shape index (κ1) is 9.06. The van der Waals surface area contributed by atoms with E-state index in [0.717, 1.165) is 0 Å². The van der Waals surface area contributed by atoms with E-state index in [9.17, 15) is 4.79 Å². The number of hydrogen-bond acceptors (Lipinski definition) is 3. The van der Waals surface area contributed by atoms with Crippen LogP contribution in [0.2, 0.25) is 0 Å². The van der Waals surface area contributed by atoms with Crippen LogP contribution in [0.3, 0.4) is 0 Å². The predicted octanol–water partition coefficient (Wildman–Crippen LogP) is 1.12. The van der Waals surface area contributed by atoms with Gasteiger partial charge in [-0.3, -0.25) is 4.79 Å². The second-order valence-electron chi connectivity index (χ2n) is 2.51. The highest BCUT2D eigenvalue weighted by Gasteiger charge is 2.13. The number of rotatable bonds is 2. The van der Waals surface area contributed by atoms with Gasteiger partial charge in [-0.25, -0.2) is 0 Å². The number of amides is 1. The Morgan fingerprint density at radius 3 is 2.83 bits per heavy atom. The molecule has 1 amide bonds. The molecule has 1 heterocycles. The van der Waals surface area contributed by atoms with E-state index in [1.807, 2.05) is 0 Å². The second kappa shape index (κ2) is 3.58. The van der Waals surface area contributed by atoms with E-state index in [-0.39, 0.29) is 17.5 Å². The number of carbonyl (C=O) groups is 1. The Morgan fingerprint density at radius 2 is 2.42 bits per heavy atom. The smallest absolute Gasteiger partial charge is 0.275 e. The van der Waals surface area contributed by atoms with Gasteiger partial charge in [-0.1, -0.05) is 5.16 Å². The van der Waals surface area contributed by atoms with Gasteiger partial charge in [-0.05, 0) is 0 Å². The first-order chi connectivity index (χ1) is 5.65. The van der Waals surface area contributed by atoms with Gasteiger partial charge in [0.05, 0.1) is 5.88 Å². The molecule has 0 atom stereocenters. The fourth-order valence-corrected chi connectivity index (χ4v) is 0.832. The van der Waals surface area contributed by atoms with Crippen LogP contribution in [-0.4, -0.2) is 30.1 Å². The number of hydrogen-bond donors (Lipinski definition) is 0. The molecule has 0 aliphatic carbocycles. The lowest BCUT2D eigenvalue weighted by Crippen LogP contribution is -2.21. The lowest BCUT2D eigenvalue weighted by atomic mass is 10.3. The second-order valence-corrected chi connectivity index (χ2v) is 2.78. The number of aromatic nitrogens is 1. The highest BCUT2D eigenvalue weighted by Crippen LogP contribution is 2.07. The van der Waals surface area contributed by atoms with Crippen LogP contribution in [0.1, 0.15) is 16.2 Å². The first-order valence-electron chi connectivity index (χ1n) is 3.38. The molecule has 0 N–H and O–H groups in total. The Labute approximate surface area is 75.1 Å². The quantitative estimate of drug-likeness (QED) is 0.654. The summed E-state index contributed by atoms with van der Waals surface area (Å²) in [4.78, 5) is 12.7. The molecule has 0 fully saturated rings. The van der Waals surface area contributed by atoms with Crippen molar-refractivity contribution in [2.24, 2.45) is 0 Å². The van der Waals surface area contributed by atoms with Crippen LogP contribution < -0.4 is 0 Å². The van der Waals surface area contributed by atoms with Crippen LogP contribution >= 0.6 is 11.6 Å². The Hall–Kier alpha value is -1.03. The zero-order valence-electron chi connectivity index (χ0n) is 6.87. The van der Waals surface area contributed by atoms with Gasteiger partial charge in [0.15, 0.2) is 11.5 Å². The van der Waals surface area contributed by atoms with Crippen LogP contribution in [0.15, 0.2) is 10.6 Å². The molecule has 66 valence electrons. The van der Waals surface area contributed by atoms with Crippen molar-refractivity contribution in [3.63, 3.8) is 0 Å². The Bertz CT molecular complexity index is 283. The maximum atomic E-state index is 11.2. The van der Waals surface area contributed by atoms with Crippen molar-refractivity contribution in [3.05, 3.63) is 17.5 Å². The molecule has 0 aromatic carbocycles. The van der Waals surface area contributed by atoms with Crippen molar-refractivity contribution < 1.29 is 9.32 Å². The lowest BCUT2D eigenvalue weighted by molar-refractivity contribution is 0.0817. The first-order valence-corrected chi connectivity index (χ1v) is 3.92. The maximum Gasteiger partial charge on any atom is 0.275 e. The average Bonchev–Trinajstić information content (AvgIpc) is 2.50. The molecule has 0 spiro atoms. The summed E-state index contributed by atoms with van der Waals surface area (Å²) in [5.41, 5.74) is 0.288. The third-order valence-electron chi connectivity index (χ3n) is 1.32. The van der Waals surface area contributed by atoms with Crippen molar-refractivity contribution in [1.82, 2.24) is 10.1 Å². The number of carbonyl (C=O) groups excluding carboxylic acids is 1. The molecule has 0 unspecified atom stereocenters. The van der Waals surface area contributed by atoms with Crippen molar-refractivity contribution in [3.8, 4) is 0 Å². The van der Waals surface area contributed by atoms with E-state index >= 15 is 0 Å². The minimum atomic E-state index is -0.185. The molecular weight excluding hydrogens is 180 g/mol. The molecule has 0 bridgehead atoms. The van der Waals surface area contributed by atoms with Crippen molar-refractivity contribution in [2.75, 3.05) is 14.1 Å². The van der Waals surface area contributed by atoms with Crippen LogP contribution in [0.25, 0.3) is 0 Å². The third-order valence-corrected chi connectivity index (χ3v) is 1.58. The molecule has 5 heteroatoms.